The van der Waals surface area contributed by atoms with Gasteiger partial charge in [0.2, 0.25) is 11.8 Å². The molecule has 1 fully saturated rings. The summed E-state index contributed by atoms with van der Waals surface area (Å²) in [5.74, 6) is -0.266. The molecule has 4 N–H and O–H groups in total. The summed E-state index contributed by atoms with van der Waals surface area (Å²) >= 11 is 0. The number of likely N-dealkylation sites (tertiary alicyclic amines) is 1. The number of nitrogen functional groups attached to an aromatic ring is 1. The lowest BCUT2D eigenvalue weighted by Gasteiger charge is -2.34. The Balaban J connectivity index is 2.28. The van der Waals surface area contributed by atoms with Crippen LogP contribution >= 0.6 is 0 Å². The van der Waals surface area contributed by atoms with Gasteiger partial charge in [-0.1, -0.05) is 20.8 Å². The zero-order chi connectivity index (χ0) is 23.8. The van der Waals surface area contributed by atoms with Crippen LogP contribution in [0.4, 0.5) is 11.5 Å². The molecule has 11 nitrogen and oxygen atoms in total. The smallest absolute Gasteiger partial charge is 0.330 e. The summed E-state index contributed by atoms with van der Waals surface area (Å²) in [6.45, 7) is 7.60. The highest BCUT2D eigenvalue weighted by molar-refractivity contribution is 5.96. The van der Waals surface area contributed by atoms with Crippen molar-refractivity contribution in [1.29, 1.82) is 0 Å². The number of methoxy groups -OCH3 is 1. The minimum atomic E-state index is -0.705. The molecule has 2 heterocycles. The van der Waals surface area contributed by atoms with Crippen molar-refractivity contribution in [2.24, 2.45) is 5.92 Å². The number of aromatic nitrogens is 2. The molecular weight excluding hydrogens is 416 g/mol. The Morgan fingerprint density at radius 3 is 2.69 bits per heavy atom. The number of nitrogens with one attached hydrogen (secondary N) is 2. The number of piperidine rings is 1. The van der Waals surface area contributed by atoms with Gasteiger partial charge in [-0.25, -0.2) is 4.79 Å². The van der Waals surface area contributed by atoms with Gasteiger partial charge in [0.1, 0.15) is 5.82 Å². The number of aromatic amines is 1. The number of carbonyl (C=O) groups excluding carboxylic acids is 2. The lowest BCUT2D eigenvalue weighted by molar-refractivity contribution is -0.122. The summed E-state index contributed by atoms with van der Waals surface area (Å²) in [5, 5.41) is 2.98. The van der Waals surface area contributed by atoms with Gasteiger partial charge in [-0.3, -0.25) is 28.8 Å². The Kier molecular flexibility index (Phi) is 9.45. The van der Waals surface area contributed by atoms with Gasteiger partial charge in [-0.2, -0.15) is 0 Å². The van der Waals surface area contributed by atoms with Crippen molar-refractivity contribution in [2.45, 2.75) is 52.6 Å². The largest absolute Gasteiger partial charge is 0.383 e. The van der Waals surface area contributed by atoms with Crippen LogP contribution in [-0.2, 0) is 20.9 Å². The summed E-state index contributed by atoms with van der Waals surface area (Å²) < 4.78 is 6.41. The normalized spacial score (nSPS) is 16.8. The van der Waals surface area contributed by atoms with Crippen LogP contribution in [0.3, 0.4) is 0 Å². The summed E-state index contributed by atoms with van der Waals surface area (Å²) in [7, 11) is 1.50. The Hall–Kier alpha value is -2.66. The third kappa shape index (κ3) is 6.67. The van der Waals surface area contributed by atoms with E-state index >= 15 is 0 Å². The van der Waals surface area contributed by atoms with E-state index in [1.165, 1.54) is 16.6 Å². The number of amides is 2. The van der Waals surface area contributed by atoms with E-state index in [0.717, 1.165) is 12.8 Å². The number of H-pyrrole nitrogens is 1. The first-order chi connectivity index (χ1) is 15.2. The van der Waals surface area contributed by atoms with E-state index in [-0.39, 0.29) is 55.0 Å². The standard InChI is InChI=1S/C21H36N6O5/c1-5-16(28)23-15-7-6-8-25(12-15)13-17(29)26(9-10-32-4)18-19(22)27(11-14(2)3)21(31)24-20(18)30/h14-15H,5-13,22H2,1-4H3,(H,23,28)(H,24,30,31). The van der Waals surface area contributed by atoms with Gasteiger partial charge in [0.15, 0.2) is 5.69 Å². The van der Waals surface area contributed by atoms with Gasteiger partial charge in [0.05, 0.1) is 13.2 Å². The van der Waals surface area contributed by atoms with Crippen LogP contribution in [0.5, 0.6) is 0 Å². The third-order valence-corrected chi connectivity index (χ3v) is 5.40. The molecule has 0 spiro atoms. The number of rotatable bonds is 10. The van der Waals surface area contributed by atoms with E-state index in [1.807, 2.05) is 18.7 Å². The van der Waals surface area contributed by atoms with E-state index in [2.05, 4.69) is 10.3 Å². The third-order valence-electron chi connectivity index (χ3n) is 5.40. The zero-order valence-electron chi connectivity index (χ0n) is 19.5. The van der Waals surface area contributed by atoms with Crippen LogP contribution in [0.2, 0.25) is 0 Å². The van der Waals surface area contributed by atoms with Crippen molar-refractivity contribution in [3.63, 3.8) is 0 Å². The second-order valence-electron chi connectivity index (χ2n) is 8.53. The molecule has 1 aromatic heterocycles. The van der Waals surface area contributed by atoms with Gasteiger partial charge < -0.3 is 20.7 Å². The maximum Gasteiger partial charge on any atom is 0.330 e. The second kappa shape index (κ2) is 11.8. The van der Waals surface area contributed by atoms with Crippen LogP contribution in [0.25, 0.3) is 0 Å². The highest BCUT2D eigenvalue weighted by Gasteiger charge is 2.28. The van der Waals surface area contributed by atoms with Crippen molar-refractivity contribution in [2.75, 3.05) is 50.5 Å². The van der Waals surface area contributed by atoms with Crippen molar-refractivity contribution in [3.8, 4) is 0 Å². The van der Waals surface area contributed by atoms with Gasteiger partial charge in [-0.15, -0.1) is 0 Å². The zero-order valence-corrected chi connectivity index (χ0v) is 19.5. The number of nitrogens with zero attached hydrogens (tertiary/aromatic N) is 3. The fourth-order valence-corrected chi connectivity index (χ4v) is 3.85. The molecule has 0 aromatic carbocycles. The first-order valence-corrected chi connectivity index (χ1v) is 11.1. The lowest BCUT2D eigenvalue weighted by Crippen LogP contribution is -2.52. The molecule has 1 atom stereocenters. The molecule has 1 aliphatic rings. The minimum absolute atomic E-state index is 0.0159. The van der Waals surface area contributed by atoms with E-state index in [0.29, 0.717) is 26.1 Å². The average Bonchev–Trinajstić information content (AvgIpc) is 2.73. The molecule has 0 aliphatic carbocycles. The molecule has 1 aliphatic heterocycles. The summed E-state index contributed by atoms with van der Waals surface area (Å²) in [5.41, 5.74) is 4.87. The first-order valence-electron chi connectivity index (χ1n) is 11.1. The van der Waals surface area contributed by atoms with E-state index in [4.69, 9.17) is 10.5 Å². The molecule has 0 saturated carbocycles. The fraction of sp³-hybridized carbons (Fsp3) is 0.714. The number of nitrogens with two attached hydrogens (primary N) is 1. The molecule has 11 heteroatoms. The van der Waals surface area contributed by atoms with E-state index in [9.17, 15) is 19.2 Å². The predicted molar refractivity (Wildman–Crippen MR) is 123 cm³/mol. The average molecular weight is 453 g/mol. The van der Waals surface area contributed by atoms with Crippen molar-refractivity contribution < 1.29 is 14.3 Å². The number of ether oxygens (including phenoxy) is 1. The predicted octanol–water partition coefficient (Wildman–Crippen LogP) is -0.255. The van der Waals surface area contributed by atoms with Crippen LogP contribution in [0, 0.1) is 5.92 Å². The van der Waals surface area contributed by atoms with Gasteiger partial charge in [0, 0.05) is 39.2 Å². The minimum Gasteiger partial charge on any atom is -0.383 e. The van der Waals surface area contributed by atoms with Crippen molar-refractivity contribution in [3.05, 3.63) is 20.8 Å². The molecule has 180 valence electrons. The highest BCUT2D eigenvalue weighted by Crippen LogP contribution is 2.19. The maximum absolute atomic E-state index is 13.3. The van der Waals surface area contributed by atoms with Crippen LogP contribution in [-0.4, -0.2) is 72.2 Å². The second-order valence-corrected chi connectivity index (χ2v) is 8.53. The van der Waals surface area contributed by atoms with Crippen molar-refractivity contribution >= 4 is 23.3 Å². The highest BCUT2D eigenvalue weighted by atomic mass is 16.5. The molecule has 0 radical (unpaired) electrons. The number of carbonyl (C=O) groups is 2. The molecule has 2 rings (SSSR count). The SMILES string of the molecule is CCC(=O)NC1CCCN(CC(=O)N(CCOC)c2c(N)n(CC(C)C)c(=O)[nH]c2=O)C1. The Bertz CT molecular complexity index is 909. The quantitative estimate of drug-likeness (QED) is 0.444. The molecule has 1 aromatic rings. The lowest BCUT2D eigenvalue weighted by atomic mass is 10.1. The number of hydrogen-bond donors (Lipinski definition) is 3. The van der Waals surface area contributed by atoms with Gasteiger partial charge in [-0.05, 0) is 25.3 Å². The molecule has 32 heavy (non-hydrogen) atoms. The van der Waals surface area contributed by atoms with Crippen molar-refractivity contribution in [1.82, 2.24) is 19.8 Å². The Morgan fingerprint density at radius 1 is 1.34 bits per heavy atom. The van der Waals surface area contributed by atoms with E-state index in [1.54, 1.807) is 6.92 Å². The van der Waals surface area contributed by atoms with Gasteiger partial charge in [0.25, 0.3) is 5.56 Å². The summed E-state index contributed by atoms with van der Waals surface area (Å²) in [6, 6.07) is -0.0159. The Labute approximate surface area is 187 Å². The molecule has 2 amide bonds. The summed E-state index contributed by atoms with van der Waals surface area (Å²) in [4.78, 5) is 55.5. The van der Waals surface area contributed by atoms with Crippen LogP contribution < -0.4 is 27.2 Å². The van der Waals surface area contributed by atoms with Gasteiger partial charge >= 0.3 is 5.69 Å². The van der Waals surface area contributed by atoms with Crippen LogP contribution in [0.15, 0.2) is 9.59 Å². The van der Waals surface area contributed by atoms with Crippen LogP contribution in [0.1, 0.15) is 40.0 Å². The summed E-state index contributed by atoms with van der Waals surface area (Å²) in [6.07, 6.45) is 2.12. The number of anilines is 2. The maximum atomic E-state index is 13.3. The molecule has 0 bridgehead atoms. The molecular formula is C21H36N6O5. The molecule has 1 unspecified atom stereocenters. The monoisotopic (exact) mass is 452 g/mol. The Morgan fingerprint density at radius 2 is 2.06 bits per heavy atom. The first kappa shape index (κ1) is 25.6. The molecule has 1 saturated heterocycles. The fourth-order valence-electron chi connectivity index (χ4n) is 3.85. The number of hydrogen-bond acceptors (Lipinski definition) is 7. The van der Waals surface area contributed by atoms with E-state index < -0.39 is 11.2 Å². The topological polar surface area (TPSA) is 143 Å².